The van der Waals surface area contributed by atoms with Gasteiger partial charge >= 0.3 is 0 Å². The van der Waals surface area contributed by atoms with E-state index in [0.717, 1.165) is 42.2 Å². The number of rotatable bonds is 5. The lowest BCUT2D eigenvalue weighted by molar-refractivity contribution is 0.156. The molecule has 1 atom stereocenters. The third kappa shape index (κ3) is 3.39. The van der Waals surface area contributed by atoms with Crippen molar-refractivity contribution in [1.29, 1.82) is 0 Å². The van der Waals surface area contributed by atoms with Gasteiger partial charge in [-0.25, -0.2) is 0 Å². The van der Waals surface area contributed by atoms with E-state index in [9.17, 15) is 5.11 Å². The van der Waals surface area contributed by atoms with Crippen molar-refractivity contribution in [3.63, 3.8) is 0 Å². The summed E-state index contributed by atoms with van der Waals surface area (Å²) in [4.78, 5) is 0. The van der Waals surface area contributed by atoms with Crippen LogP contribution in [0.25, 0.3) is 0 Å². The number of hydrogen-bond donors (Lipinski definition) is 1. The standard InChI is InChI=1S/C15H21ClO2/c1-10(2)3-4-14(17)9-12-8-13(16)7-11-5-6-18-15(11)12/h7-8,10,14,17H,3-6,9H2,1-2H3. The van der Waals surface area contributed by atoms with Gasteiger partial charge in [0, 0.05) is 17.9 Å². The average molecular weight is 269 g/mol. The van der Waals surface area contributed by atoms with E-state index >= 15 is 0 Å². The molecular formula is C15H21ClO2. The lowest BCUT2D eigenvalue weighted by atomic mass is 9.98. The minimum absolute atomic E-state index is 0.306. The zero-order valence-corrected chi connectivity index (χ0v) is 11.8. The first kappa shape index (κ1) is 13.7. The summed E-state index contributed by atoms with van der Waals surface area (Å²) in [6.07, 6.45) is 3.13. The fraction of sp³-hybridized carbons (Fsp3) is 0.600. The van der Waals surface area contributed by atoms with Gasteiger partial charge in [0.05, 0.1) is 12.7 Å². The first-order chi connectivity index (χ1) is 8.56. The van der Waals surface area contributed by atoms with Crippen molar-refractivity contribution < 1.29 is 9.84 Å². The van der Waals surface area contributed by atoms with E-state index in [1.165, 1.54) is 5.56 Å². The molecule has 1 aromatic rings. The first-order valence-electron chi connectivity index (χ1n) is 6.68. The Kier molecular flexibility index (Phi) is 4.52. The molecule has 0 saturated carbocycles. The van der Waals surface area contributed by atoms with Gasteiger partial charge in [0.25, 0.3) is 0 Å². The molecule has 1 heterocycles. The van der Waals surface area contributed by atoms with Crippen LogP contribution in [-0.4, -0.2) is 17.8 Å². The van der Waals surface area contributed by atoms with Crippen LogP contribution in [0.2, 0.25) is 5.02 Å². The summed E-state index contributed by atoms with van der Waals surface area (Å²) in [6.45, 7) is 5.07. The molecule has 0 amide bonds. The van der Waals surface area contributed by atoms with Crippen molar-refractivity contribution in [2.24, 2.45) is 5.92 Å². The second-order valence-corrected chi connectivity index (χ2v) is 5.92. The minimum Gasteiger partial charge on any atom is -0.493 e. The largest absolute Gasteiger partial charge is 0.493 e. The Hall–Kier alpha value is -0.730. The van der Waals surface area contributed by atoms with Gasteiger partial charge in [0.15, 0.2) is 0 Å². The minimum atomic E-state index is -0.306. The van der Waals surface area contributed by atoms with Crippen molar-refractivity contribution in [3.8, 4) is 5.75 Å². The monoisotopic (exact) mass is 268 g/mol. The van der Waals surface area contributed by atoms with Gasteiger partial charge in [-0.2, -0.15) is 0 Å². The molecule has 0 spiro atoms. The number of benzene rings is 1. The molecule has 0 radical (unpaired) electrons. The molecule has 0 saturated heterocycles. The molecule has 2 nitrogen and oxygen atoms in total. The third-order valence-electron chi connectivity index (χ3n) is 3.36. The van der Waals surface area contributed by atoms with E-state index in [4.69, 9.17) is 16.3 Å². The smallest absolute Gasteiger partial charge is 0.126 e. The molecule has 0 aromatic heterocycles. The third-order valence-corrected chi connectivity index (χ3v) is 3.58. The Morgan fingerprint density at radius 3 is 2.83 bits per heavy atom. The van der Waals surface area contributed by atoms with Crippen LogP contribution in [0.5, 0.6) is 5.75 Å². The summed E-state index contributed by atoms with van der Waals surface area (Å²) in [5.74, 6) is 1.57. The van der Waals surface area contributed by atoms with Crippen LogP contribution in [0.4, 0.5) is 0 Å². The highest BCUT2D eigenvalue weighted by molar-refractivity contribution is 6.30. The number of aliphatic hydroxyl groups is 1. The predicted octanol–water partition coefficient (Wildman–Crippen LogP) is 3.61. The van der Waals surface area contributed by atoms with Crippen LogP contribution < -0.4 is 4.74 Å². The van der Waals surface area contributed by atoms with E-state index in [0.29, 0.717) is 12.3 Å². The highest BCUT2D eigenvalue weighted by Crippen LogP contribution is 2.33. The van der Waals surface area contributed by atoms with Crippen LogP contribution in [0.3, 0.4) is 0 Å². The quantitative estimate of drug-likeness (QED) is 0.884. The second kappa shape index (κ2) is 5.94. The molecule has 2 rings (SSSR count). The van der Waals surface area contributed by atoms with Gasteiger partial charge < -0.3 is 9.84 Å². The maximum absolute atomic E-state index is 10.1. The van der Waals surface area contributed by atoms with Crippen LogP contribution in [-0.2, 0) is 12.8 Å². The molecule has 1 aliphatic rings. The predicted molar refractivity (Wildman–Crippen MR) is 74.4 cm³/mol. The summed E-state index contributed by atoms with van der Waals surface area (Å²) >= 11 is 6.10. The molecular weight excluding hydrogens is 248 g/mol. The highest BCUT2D eigenvalue weighted by Gasteiger charge is 2.19. The molecule has 0 bridgehead atoms. The number of hydrogen-bond acceptors (Lipinski definition) is 2. The summed E-state index contributed by atoms with van der Waals surface area (Å²) in [6, 6.07) is 3.89. The van der Waals surface area contributed by atoms with E-state index in [-0.39, 0.29) is 6.10 Å². The first-order valence-corrected chi connectivity index (χ1v) is 7.06. The van der Waals surface area contributed by atoms with Crippen molar-refractivity contribution in [2.45, 2.75) is 45.6 Å². The Morgan fingerprint density at radius 1 is 1.33 bits per heavy atom. The normalized spacial score (nSPS) is 15.6. The zero-order valence-electron chi connectivity index (χ0n) is 11.1. The van der Waals surface area contributed by atoms with E-state index in [1.807, 2.05) is 12.1 Å². The maximum Gasteiger partial charge on any atom is 0.126 e. The van der Waals surface area contributed by atoms with Crippen molar-refractivity contribution in [2.75, 3.05) is 6.61 Å². The molecule has 100 valence electrons. The number of ether oxygens (including phenoxy) is 1. The maximum atomic E-state index is 10.1. The van der Waals surface area contributed by atoms with E-state index < -0.39 is 0 Å². The Balaban J connectivity index is 2.05. The molecule has 18 heavy (non-hydrogen) atoms. The highest BCUT2D eigenvalue weighted by atomic mass is 35.5. The molecule has 1 aromatic carbocycles. The summed E-state index contributed by atoms with van der Waals surface area (Å²) in [5, 5.41) is 10.8. The lowest BCUT2D eigenvalue weighted by Crippen LogP contribution is -2.12. The molecule has 0 fully saturated rings. The number of halogens is 1. The number of fused-ring (bicyclic) bond motifs is 1. The summed E-state index contributed by atoms with van der Waals surface area (Å²) in [7, 11) is 0. The van der Waals surface area contributed by atoms with E-state index in [2.05, 4.69) is 13.8 Å². The number of aliphatic hydroxyl groups excluding tert-OH is 1. The second-order valence-electron chi connectivity index (χ2n) is 5.48. The van der Waals surface area contributed by atoms with Crippen molar-refractivity contribution >= 4 is 11.6 Å². The molecule has 1 unspecified atom stereocenters. The summed E-state index contributed by atoms with van der Waals surface area (Å²) in [5.41, 5.74) is 2.22. The van der Waals surface area contributed by atoms with Gasteiger partial charge in [0.2, 0.25) is 0 Å². The molecule has 3 heteroatoms. The Labute approximate surface area is 114 Å². The van der Waals surface area contributed by atoms with Crippen LogP contribution in [0, 0.1) is 5.92 Å². The topological polar surface area (TPSA) is 29.5 Å². The SMILES string of the molecule is CC(C)CCC(O)Cc1cc(Cl)cc2c1OCC2. The summed E-state index contributed by atoms with van der Waals surface area (Å²) < 4.78 is 5.64. The van der Waals surface area contributed by atoms with Crippen molar-refractivity contribution in [3.05, 3.63) is 28.3 Å². The van der Waals surface area contributed by atoms with Crippen LogP contribution in [0.15, 0.2) is 12.1 Å². The lowest BCUT2D eigenvalue weighted by Gasteiger charge is -2.14. The van der Waals surface area contributed by atoms with Gasteiger partial charge in [-0.15, -0.1) is 0 Å². The Bertz CT molecular complexity index is 415. The fourth-order valence-electron chi connectivity index (χ4n) is 2.38. The molecule has 0 aliphatic carbocycles. The van der Waals surface area contributed by atoms with Gasteiger partial charge in [-0.3, -0.25) is 0 Å². The Morgan fingerprint density at radius 2 is 2.11 bits per heavy atom. The van der Waals surface area contributed by atoms with Crippen LogP contribution >= 0.6 is 11.6 Å². The van der Waals surface area contributed by atoms with Gasteiger partial charge in [-0.05, 0) is 42.0 Å². The average Bonchev–Trinajstić information content (AvgIpc) is 2.74. The zero-order chi connectivity index (χ0) is 13.1. The fourth-order valence-corrected chi connectivity index (χ4v) is 2.64. The van der Waals surface area contributed by atoms with Crippen LogP contribution in [0.1, 0.15) is 37.8 Å². The molecule has 1 N–H and O–H groups in total. The van der Waals surface area contributed by atoms with E-state index in [1.54, 1.807) is 0 Å². The molecule has 1 aliphatic heterocycles. The van der Waals surface area contributed by atoms with Gasteiger partial charge in [-0.1, -0.05) is 25.4 Å². The van der Waals surface area contributed by atoms with Crippen molar-refractivity contribution in [1.82, 2.24) is 0 Å². The van der Waals surface area contributed by atoms with Gasteiger partial charge in [0.1, 0.15) is 5.75 Å².